The minimum Gasteiger partial charge on any atom is -0.463 e. The average molecular weight is 482 g/mol. The third-order valence-corrected chi connectivity index (χ3v) is 4.83. The molecule has 1 aliphatic rings. The number of carbonyl (C=O) groups excluding carboxylic acids is 3. The van der Waals surface area contributed by atoms with Gasteiger partial charge in [-0.2, -0.15) is 0 Å². The van der Waals surface area contributed by atoms with Gasteiger partial charge in [-0.25, -0.2) is 9.97 Å². The standard InChI is InChI=1S/C20H26N4O10/c1-11(25)31-7-14-16(32-12(2)26)17(33-13(3)27)20(34-14)24-9-21-15-18(24)22-8-23(19(15)28)10-30-6-5-29-4/h8-9,14,16-17,20H,5-7,10H2,1-4H3/t14-,16+,17?,20-/m1/s1. The number of methoxy groups -OCH3 is 1. The first-order valence-electron chi connectivity index (χ1n) is 10.3. The molecule has 0 bridgehead atoms. The van der Waals surface area contributed by atoms with Crippen LogP contribution in [0.3, 0.4) is 0 Å². The zero-order valence-electron chi connectivity index (χ0n) is 19.2. The molecular weight excluding hydrogens is 456 g/mol. The van der Waals surface area contributed by atoms with Crippen molar-refractivity contribution in [3.8, 4) is 0 Å². The number of rotatable bonds is 10. The first-order chi connectivity index (χ1) is 16.2. The van der Waals surface area contributed by atoms with Gasteiger partial charge in [-0.15, -0.1) is 0 Å². The summed E-state index contributed by atoms with van der Waals surface area (Å²) in [7, 11) is 1.53. The summed E-state index contributed by atoms with van der Waals surface area (Å²) in [4.78, 5) is 56.1. The van der Waals surface area contributed by atoms with E-state index in [9.17, 15) is 19.2 Å². The van der Waals surface area contributed by atoms with Crippen LogP contribution in [0.1, 0.15) is 27.0 Å². The van der Waals surface area contributed by atoms with Crippen LogP contribution >= 0.6 is 0 Å². The second-order valence-electron chi connectivity index (χ2n) is 7.39. The molecule has 1 fully saturated rings. The molecule has 0 aliphatic carbocycles. The van der Waals surface area contributed by atoms with Crippen LogP contribution < -0.4 is 5.56 Å². The second kappa shape index (κ2) is 11.2. The van der Waals surface area contributed by atoms with Crippen molar-refractivity contribution < 1.29 is 42.8 Å². The Labute approximate surface area is 193 Å². The van der Waals surface area contributed by atoms with E-state index in [0.717, 1.165) is 0 Å². The third-order valence-electron chi connectivity index (χ3n) is 4.83. The average Bonchev–Trinajstić information content (AvgIpc) is 3.33. The second-order valence-corrected chi connectivity index (χ2v) is 7.39. The number of aromatic nitrogens is 4. The third kappa shape index (κ3) is 5.76. The van der Waals surface area contributed by atoms with E-state index in [-0.39, 0.29) is 31.1 Å². The minimum atomic E-state index is -1.12. The van der Waals surface area contributed by atoms with E-state index >= 15 is 0 Å². The molecule has 186 valence electrons. The van der Waals surface area contributed by atoms with Gasteiger partial charge in [0, 0.05) is 27.9 Å². The van der Waals surface area contributed by atoms with Gasteiger partial charge in [0.05, 0.1) is 19.5 Å². The van der Waals surface area contributed by atoms with E-state index in [2.05, 4.69) is 9.97 Å². The number of esters is 3. The molecule has 4 atom stereocenters. The maximum atomic E-state index is 12.8. The molecule has 1 unspecified atom stereocenters. The smallest absolute Gasteiger partial charge is 0.303 e. The van der Waals surface area contributed by atoms with Crippen LogP contribution in [0.15, 0.2) is 17.4 Å². The Bertz CT molecular complexity index is 1100. The quantitative estimate of drug-likeness (QED) is 0.244. The van der Waals surface area contributed by atoms with E-state index < -0.39 is 48.0 Å². The van der Waals surface area contributed by atoms with E-state index in [0.29, 0.717) is 6.61 Å². The molecule has 0 spiro atoms. The molecule has 14 heteroatoms. The number of carbonyl (C=O) groups is 3. The van der Waals surface area contributed by atoms with Crippen LogP contribution in [0, 0.1) is 0 Å². The lowest BCUT2D eigenvalue weighted by Crippen LogP contribution is -2.40. The first-order valence-corrected chi connectivity index (χ1v) is 10.3. The predicted octanol–water partition coefficient (Wildman–Crippen LogP) is -0.463. The van der Waals surface area contributed by atoms with Crippen LogP contribution in [0.4, 0.5) is 0 Å². The summed E-state index contributed by atoms with van der Waals surface area (Å²) in [5, 5.41) is 0. The lowest BCUT2D eigenvalue weighted by molar-refractivity contribution is -0.166. The summed E-state index contributed by atoms with van der Waals surface area (Å²) >= 11 is 0. The van der Waals surface area contributed by atoms with Crippen LogP contribution in [0.5, 0.6) is 0 Å². The molecule has 0 amide bonds. The lowest BCUT2D eigenvalue weighted by atomic mass is 10.1. The number of ether oxygens (including phenoxy) is 6. The van der Waals surface area contributed by atoms with Gasteiger partial charge in [-0.3, -0.25) is 28.3 Å². The Kier molecular flexibility index (Phi) is 8.31. The van der Waals surface area contributed by atoms with Crippen LogP contribution in [0.25, 0.3) is 11.2 Å². The van der Waals surface area contributed by atoms with Gasteiger partial charge in [0.25, 0.3) is 5.56 Å². The van der Waals surface area contributed by atoms with E-state index in [4.69, 9.17) is 28.4 Å². The number of fused-ring (bicyclic) bond motifs is 1. The molecule has 3 heterocycles. The van der Waals surface area contributed by atoms with Gasteiger partial charge in [0.1, 0.15) is 25.8 Å². The monoisotopic (exact) mass is 482 g/mol. The van der Waals surface area contributed by atoms with E-state index in [1.807, 2.05) is 0 Å². The first kappa shape index (κ1) is 25.3. The Hall–Kier alpha value is -3.36. The molecule has 1 saturated heterocycles. The highest BCUT2D eigenvalue weighted by Gasteiger charge is 2.51. The molecule has 34 heavy (non-hydrogen) atoms. The van der Waals surface area contributed by atoms with Crippen molar-refractivity contribution in [2.45, 2.75) is 52.0 Å². The van der Waals surface area contributed by atoms with Crippen molar-refractivity contribution in [3.05, 3.63) is 23.0 Å². The molecule has 2 aromatic rings. The van der Waals surface area contributed by atoms with Crippen LogP contribution in [-0.2, 0) is 49.5 Å². The largest absolute Gasteiger partial charge is 0.463 e. The Morgan fingerprint density at radius 2 is 1.71 bits per heavy atom. The van der Waals surface area contributed by atoms with E-state index in [1.54, 1.807) is 0 Å². The van der Waals surface area contributed by atoms with Crippen molar-refractivity contribution in [2.75, 3.05) is 26.9 Å². The molecule has 0 aromatic carbocycles. The summed E-state index contributed by atoms with van der Waals surface area (Å²) in [5.74, 6) is -1.87. The van der Waals surface area contributed by atoms with Crippen molar-refractivity contribution in [2.24, 2.45) is 0 Å². The van der Waals surface area contributed by atoms with Crippen molar-refractivity contribution in [1.29, 1.82) is 0 Å². The Balaban J connectivity index is 1.94. The predicted molar refractivity (Wildman–Crippen MR) is 111 cm³/mol. The molecule has 0 radical (unpaired) electrons. The molecule has 2 aromatic heterocycles. The summed E-state index contributed by atoms with van der Waals surface area (Å²) in [5.41, 5.74) is -0.290. The van der Waals surface area contributed by atoms with Gasteiger partial charge in [0.2, 0.25) is 0 Å². The maximum absolute atomic E-state index is 12.8. The van der Waals surface area contributed by atoms with Crippen LogP contribution in [-0.4, -0.2) is 82.3 Å². The molecule has 3 rings (SSSR count). The van der Waals surface area contributed by atoms with Gasteiger partial charge in [0.15, 0.2) is 29.6 Å². The number of imidazole rings is 1. The minimum absolute atomic E-state index is 0.0236. The zero-order chi connectivity index (χ0) is 24.8. The normalized spacial score (nSPS) is 22.0. The van der Waals surface area contributed by atoms with E-state index in [1.165, 1.54) is 49.7 Å². The fourth-order valence-corrected chi connectivity index (χ4v) is 3.45. The molecule has 1 aliphatic heterocycles. The number of hydrogen-bond acceptors (Lipinski definition) is 12. The fraction of sp³-hybridized carbons (Fsp3) is 0.600. The molecule has 0 N–H and O–H groups in total. The zero-order valence-corrected chi connectivity index (χ0v) is 19.2. The lowest BCUT2D eigenvalue weighted by Gasteiger charge is -2.23. The Morgan fingerprint density at radius 1 is 1.00 bits per heavy atom. The van der Waals surface area contributed by atoms with Gasteiger partial charge in [-0.1, -0.05) is 0 Å². The summed E-state index contributed by atoms with van der Waals surface area (Å²) in [6, 6.07) is 0. The SMILES string of the molecule is COCCOCn1cnc2c(ncn2[C@@H]2O[C@H](COC(C)=O)[C@H](OC(C)=O)C2OC(C)=O)c1=O. The fourth-order valence-electron chi connectivity index (χ4n) is 3.45. The van der Waals surface area contributed by atoms with Crippen molar-refractivity contribution in [3.63, 3.8) is 0 Å². The highest BCUT2D eigenvalue weighted by molar-refractivity contribution is 5.70. The molecular formula is C20H26N4O10. The van der Waals surface area contributed by atoms with Crippen molar-refractivity contribution in [1.82, 2.24) is 19.1 Å². The highest BCUT2D eigenvalue weighted by Crippen LogP contribution is 2.35. The Morgan fingerprint density at radius 3 is 2.35 bits per heavy atom. The van der Waals surface area contributed by atoms with Gasteiger partial charge < -0.3 is 28.4 Å². The highest BCUT2D eigenvalue weighted by atomic mass is 16.7. The summed E-state index contributed by atoms with van der Waals surface area (Å²) in [6.07, 6.45) is -1.65. The number of nitrogens with zero attached hydrogens (tertiary/aromatic N) is 4. The summed E-state index contributed by atoms with van der Waals surface area (Å²) < 4.78 is 34.6. The molecule has 0 saturated carbocycles. The molecule has 14 nitrogen and oxygen atoms in total. The van der Waals surface area contributed by atoms with Crippen molar-refractivity contribution >= 4 is 29.1 Å². The van der Waals surface area contributed by atoms with Crippen LogP contribution in [0.2, 0.25) is 0 Å². The summed E-state index contributed by atoms with van der Waals surface area (Å²) in [6.45, 7) is 3.94. The number of hydrogen-bond donors (Lipinski definition) is 0. The topological polar surface area (TPSA) is 159 Å². The van der Waals surface area contributed by atoms with Gasteiger partial charge in [-0.05, 0) is 0 Å². The maximum Gasteiger partial charge on any atom is 0.303 e. The van der Waals surface area contributed by atoms with Gasteiger partial charge >= 0.3 is 17.9 Å².